The fourth-order valence-electron chi connectivity index (χ4n) is 1.57. The van der Waals surface area contributed by atoms with Crippen molar-refractivity contribution in [3.05, 3.63) is 35.2 Å². The lowest BCUT2D eigenvalue weighted by atomic mass is 10.0. The molecule has 0 aliphatic carbocycles. The molecular weight excluding hydrogens is 204 g/mol. The summed E-state index contributed by atoms with van der Waals surface area (Å²) in [6, 6.07) is 8.59. The van der Waals surface area contributed by atoms with E-state index in [4.69, 9.17) is 0 Å². The van der Waals surface area contributed by atoms with Crippen molar-refractivity contribution in [3.63, 3.8) is 0 Å². The summed E-state index contributed by atoms with van der Waals surface area (Å²) in [6.07, 6.45) is 1.13. The molecule has 0 bridgehead atoms. The Morgan fingerprint density at radius 1 is 1.20 bits per heavy atom. The van der Waals surface area contributed by atoms with Gasteiger partial charge in [-0.1, -0.05) is 42.6 Å². The molecule has 0 radical (unpaired) electrons. The Kier molecular flexibility index (Phi) is 3.11. The molecule has 2 rings (SSSR count). The molecule has 0 aliphatic heterocycles. The van der Waals surface area contributed by atoms with Crippen molar-refractivity contribution < 1.29 is 0 Å². The maximum atomic E-state index is 4.05. The van der Waals surface area contributed by atoms with Crippen LogP contribution in [0.25, 0.3) is 11.3 Å². The molecule has 2 aromatic rings. The Bertz CT molecular complexity index is 404. The zero-order valence-electron chi connectivity index (χ0n) is 8.97. The van der Waals surface area contributed by atoms with E-state index < -0.39 is 0 Å². The van der Waals surface area contributed by atoms with Crippen LogP contribution < -0.4 is 0 Å². The van der Waals surface area contributed by atoms with E-state index >= 15 is 0 Å². The average molecular weight is 218 g/mol. The van der Waals surface area contributed by atoms with Crippen LogP contribution in [0.15, 0.2) is 29.6 Å². The lowest BCUT2D eigenvalue weighted by Gasteiger charge is -2.04. The lowest BCUT2D eigenvalue weighted by Crippen LogP contribution is -1.93. The molecule has 0 spiro atoms. The van der Waals surface area contributed by atoms with Crippen LogP contribution in [0.2, 0.25) is 0 Å². The molecule has 0 amide bonds. The van der Waals surface area contributed by atoms with Gasteiger partial charge < -0.3 is 0 Å². The van der Waals surface area contributed by atoms with Crippen molar-refractivity contribution in [2.24, 2.45) is 5.92 Å². The van der Waals surface area contributed by atoms with E-state index in [1.165, 1.54) is 17.1 Å². The van der Waals surface area contributed by atoms with E-state index in [1.54, 1.807) is 0 Å². The summed E-state index contributed by atoms with van der Waals surface area (Å²) in [5.74, 6) is 0.705. The van der Waals surface area contributed by atoms with Gasteiger partial charge in [0.15, 0.2) is 0 Å². The maximum Gasteiger partial charge on any atom is 0.105 e. The third-order valence-electron chi connectivity index (χ3n) is 2.25. The molecule has 78 valence electrons. The highest BCUT2D eigenvalue weighted by Gasteiger charge is 2.01. The van der Waals surface area contributed by atoms with Gasteiger partial charge in [0.25, 0.3) is 0 Å². The summed E-state index contributed by atoms with van der Waals surface area (Å²) in [7, 11) is 0. The number of hydrogen-bond donors (Lipinski definition) is 0. The molecule has 15 heavy (non-hydrogen) atoms. The summed E-state index contributed by atoms with van der Waals surface area (Å²) in [5.41, 5.74) is 3.50. The van der Waals surface area contributed by atoms with Crippen molar-refractivity contribution in [3.8, 4) is 11.3 Å². The summed E-state index contributed by atoms with van der Waals surface area (Å²) in [5, 5.41) is 6.02. The quantitative estimate of drug-likeness (QED) is 0.789. The Morgan fingerprint density at radius 3 is 2.47 bits per heavy atom. The van der Waals surface area contributed by atoms with Crippen molar-refractivity contribution in [1.29, 1.82) is 0 Å². The molecule has 0 fully saturated rings. The normalized spacial score (nSPS) is 10.9. The van der Waals surface area contributed by atoms with Crippen LogP contribution in [-0.2, 0) is 6.42 Å². The van der Waals surface area contributed by atoms with Crippen LogP contribution in [-0.4, -0.2) is 9.59 Å². The van der Waals surface area contributed by atoms with Gasteiger partial charge in [0.2, 0.25) is 0 Å². The van der Waals surface area contributed by atoms with Gasteiger partial charge in [0, 0.05) is 10.9 Å². The number of benzene rings is 1. The second-order valence-corrected chi connectivity index (χ2v) is 4.69. The van der Waals surface area contributed by atoms with Gasteiger partial charge in [-0.15, -0.1) is 5.10 Å². The summed E-state index contributed by atoms with van der Waals surface area (Å²) >= 11 is 1.39. The van der Waals surface area contributed by atoms with Crippen molar-refractivity contribution in [2.45, 2.75) is 20.3 Å². The van der Waals surface area contributed by atoms with Crippen molar-refractivity contribution in [1.82, 2.24) is 9.59 Å². The third kappa shape index (κ3) is 2.63. The molecule has 0 N–H and O–H groups in total. The number of rotatable bonds is 3. The topological polar surface area (TPSA) is 25.8 Å². The largest absolute Gasteiger partial charge is 0.138 e. The van der Waals surface area contributed by atoms with Gasteiger partial charge in [-0.25, -0.2) is 0 Å². The number of aromatic nitrogens is 2. The van der Waals surface area contributed by atoms with Crippen LogP contribution in [0, 0.1) is 5.92 Å². The standard InChI is InChI=1S/C12H14N2S/c1-9(2)7-10-3-5-11(6-4-10)12-8-15-14-13-12/h3-6,8-9H,7H2,1-2H3. The minimum atomic E-state index is 0.705. The van der Waals surface area contributed by atoms with Gasteiger partial charge >= 0.3 is 0 Å². The SMILES string of the molecule is CC(C)Cc1ccc(-c2csnn2)cc1. The molecule has 0 saturated carbocycles. The molecule has 1 aromatic heterocycles. The minimum absolute atomic E-state index is 0.705. The monoisotopic (exact) mass is 218 g/mol. The van der Waals surface area contributed by atoms with Crippen LogP contribution in [0.4, 0.5) is 0 Å². The zero-order valence-corrected chi connectivity index (χ0v) is 9.79. The smallest absolute Gasteiger partial charge is 0.105 e. The fraction of sp³-hybridized carbons (Fsp3) is 0.333. The van der Waals surface area contributed by atoms with Crippen LogP contribution >= 0.6 is 11.5 Å². The Labute approximate surface area is 94.1 Å². The second-order valence-electron chi connectivity index (χ2n) is 4.09. The first-order chi connectivity index (χ1) is 7.25. The molecule has 1 heterocycles. The van der Waals surface area contributed by atoms with Crippen molar-refractivity contribution >= 4 is 11.5 Å². The minimum Gasteiger partial charge on any atom is -0.138 e. The first-order valence-corrected chi connectivity index (χ1v) is 5.95. The molecule has 1 aromatic carbocycles. The van der Waals surface area contributed by atoms with Gasteiger partial charge in [-0.3, -0.25) is 0 Å². The summed E-state index contributed by atoms with van der Waals surface area (Å²) in [6.45, 7) is 4.47. The summed E-state index contributed by atoms with van der Waals surface area (Å²) in [4.78, 5) is 0. The highest BCUT2D eigenvalue weighted by atomic mass is 32.1. The lowest BCUT2D eigenvalue weighted by molar-refractivity contribution is 0.647. The highest BCUT2D eigenvalue weighted by Crippen LogP contribution is 2.19. The second kappa shape index (κ2) is 4.53. The molecule has 0 atom stereocenters. The molecule has 2 nitrogen and oxygen atoms in total. The first-order valence-electron chi connectivity index (χ1n) is 5.12. The fourth-order valence-corrected chi connectivity index (χ4v) is 2.04. The van der Waals surface area contributed by atoms with E-state index in [0.717, 1.165) is 17.7 Å². The third-order valence-corrected chi connectivity index (χ3v) is 2.76. The van der Waals surface area contributed by atoms with Gasteiger partial charge in [-0.05, 0) is 29.4 Å². The molecular formula is C12H14N2S. The Hall–Kier alpha value is -1.22. The van der Waals surface area contributed by atoms with E-state index in [1.807, 2.05) is 5.38 Å². The van der Waals surface area contributed by atoms with E-state index in [-0.39, 0.29) is 0 Å². The highest BCUT2D eigenvalue weighted by molar-refractivity contribution is 7.03. The van der Waals surface area contributed by atoms with Gasteiger partial charge in [-0.2, -0.15) is 0 Å². The van der Waals surface area contributed by atoms with E-state index in [2.05, 4.69) is 47.7 Å². The predicted molar refractivity (Wildman–Crippen MR) is 63.9 cm³/mol. The molecule has 0 saturated heterocycles. The number of nitrogens with zero attached hydrogens (tertiary/aromatic N) is 2. The van der Waals surface area contributed by atoms with E-state index in [0.29, 0.717) is 5.92 Å². The van der Waals surface area contributed by atoms with Crippen LogP contribution in [0.1, 0.15) is 19.4 Å². The zero-order chi connectivity index (χ0) is 10.7. The molecule has 0 unspecified atom stereocenters. The van der Waals surface area contributed by atoms with Crippen LogP contribution in [0.3, 0.4) is 0 Å². The van der Waals surface area contributed by atoms with Gasteiger partial charge in [0.1, 0.15) is 5.69 Å². The van der Waals surface area contributed by atoms with E-state index in [9.17, 15) is 0 Å². The molecule has 3 heteroatoms. The number of hydrogen-bond acceptors (Lipinski definition) is 3. The maximum absolute atomic E-state index is 4.05. The Morgan fingerprint density at radius 2 is 1.93 bits per heavy atom. The predicted octanol–water partition coefficient (Wildman–Crippen LogP) is 3.40. The summed E-state index contributed by atoms with van der Waals surface area (Å²) < 4.78 is 3.86. The van der Waals surface area contributed by atoms with Gasteiger partial charge in [0.05, 0.1) is 0 Å². The first kappa shape index (κ1) is 10.3. The molecule has 0 aliphatic rings. The van der Waals surface area contributed by atoms with Crippen molar-refractivity contribution in [2.75, 3.05) is 0 Å². The Balaban J connectivity index is 2.17. The average Bonchev–Trinajstić information content (AvgIpc) is 2.71. The van der Waals surface area contributed by atoms with Crippen LogP contribution in [0.5, 0.6) is 0 Å².